The Morgan fingerprint density at radius 2 is 2.00 bits per heavy atom. The Hall–Kier alpha value is -2.29. The summed E-state index contributed by atoms with van der Waals surface area (Å²) in [6.07, 6.45) is 0.982. The monoisotopic (exact) mass is 281 g/mol. The highest BCUT2D eigenvalue weighted by molar-refractivity contribution is 5.68. The maximum Gasteiger partial charge on any atom is 0.303 e. The number of fused-ring (bicyclic) bond motifs is 1. The molecule has 0 bridgehead atoms. The largest absolute Gasteiger partial charge is 0.481 e. The van der Waals surface area contributed by atoms with Crippen molar-refractivity contribution < 1.29 is 9.90 Å². The van der Waals surface area contributed by atoms with E-state index in [2.05, 4.69) is 42.6 Å². The van der Waals surface area contributed by atoms with Gasteiger partial charge in [-0.3, -0.25) is 4.79 Å². The molecule has 0 saturated carbocycles. The van der Waals surface area contributed by atoms with Crippen molar-refractivity contribution in [3.8, 4) is 0 Å². The number of anilines is 1. The minimum Gasteiger partial charge on any atom is -0.481 e. The minimum atomic E-state index is -0.737. The summed E-state index contributed by atoms with van der Waals surface area (Å²) in [6, 6.07) is 16.5. The van der Waals surface area contributed by atoms with Crippen LogP contribution in [0.2, 0.25) is 0 Å². The predicted octanol–water partition coefficient (Wildman–Crippen LogP) is 3.80. The Kier molecular flexibility index (Phi) is 3.65. The van der Waals surface area contributed by atoms with E-state index in [1.807, 2.05) is 18.2 Å². The van der Waals surface area contributed by atoms with Gasteiger partial charge in [0.05, 0.1) is 12.5 Å². The van der Waals surface area contributed by atoms with Crippen LogP contribution in [0.25, 0.3) is 0 Å². The Bertz CT molecular complexity index is 652. The van der Waals surface area contributed by atoms with E-state index in [0.29, 0.717) is 0 Å². The van der Waals surface area contributed by atoms with E-state index < -0.39 is 5.97 Å². The van der Waals surface area contributed by atoms with Crippen LogP contribution in [0.5, 0.6) is 0 Å². The Balaban J connectivity index is 1.97. The standard InChI is InChI=1S/C18H19NO2/c1-12-7-8-16-14(9-12)10-15(11-17(20)21)18(19-16)13-5-3-2-4-6-13/h2-9,15,18-19H,10-11H2,1H3,(H,20,21)/t15-,18+/m0/s1. The number of carboxylic acids is 1. The molecule has 1 heterocycles. The van der Waals surface area contributed by atoms with Crippen molar-refractivity contribution in [3.63, 3.8) is 0 Å². The Morgan fingerprint density at radius 1 is 1.24 bits per heavy atom. The average molecular weight is 281 g/mol. The molecule has 3 rings (SSSR count). The molecule has 21 heavy (non-hydrogen) atoms. The van der Waals surface area contributed by atoms with Crippen molar-refractivity contribution in [2.24, 2.45) is 5.92 Å². The molecule has 1 aliphatic rings. The van der Waals surface area contributed by atoms with Crippen molar-refractivity contribution in [3.05, 3.63) is 65.2 Å². The first-order chi connectivity index (χ1) is 10.1. The summed E-state index contributed by atoms with van der Waals surface area (Å²) in [5, 5.41) is 12.7. The number of rotatable bonds is 3. The zero-order valence-electron chi connectivity index (χ0n) is 12.0. The van der Waals surface area contributed by atoms with E-state index >= 15 is 0 Å². The first kappa shape index (κ1) is 13.7. The maximum atomic E-state index is 11.2. The van der Waals surface area contributed by atoms with Crippen LogP contribution < -0.4 is 5.32 Å². The van der Waals surface area contributed by atoms with Crippen LogP contribution in [0.3, 0.4) is 0 Å². The number of aryl methyl sites for hydroxylation is 1. The molecule has 3 nitrogen and oxygen atoms in total. The van der Waals surface area contributed by atoms with E-state index in [1.54, 1.807) is 0 Å². The molecule has 2 aromatic carbocycles. The fourth-order valence-corrected chi connectivity index (χ4v) is 3.15. The van der Waals surface area contributed by atoms with Gasteiger partial charge in [0.1, 0.15) is 0 Å². The molecular formula is C18H19NO2. The van der Waals surface area contributed by atoms with Gasteiger partial charge in [0.2, 0.25) is 0 Å². The average Bonchev–Trinajstić information content (AvgIpc) is 2.47. The third-order valence-corrected chi connectivity index (χ3v) is 4.12. The first-order valence-corrected chi connectivity index (χ1v) is 7.26. The second-order valence-corrected chi connectivity index (χ2v) is 5.76. The Labute approximate surface area is 124 Å². The predicted molar refractivity (Wildman–Crippen MR) is 83.4 cm³/mol. The van der Waals surface area contributed by atoms with Gasteiger partial charge in [0.15, 0.2) is 0 Å². The van der Waals surface area contributed by atoms with Crippen LogP contribution in [-0.4, -0.2) is 11.1 Å². The van der Waals surface area contributed by atoms with E-state index in [-0.39, 0.29) is 18.4 Å². The van der Waals surface area contributed by atoms with Crippen molar-refractivity contribution in [1.82, 2.24) is 0 Å². The van der Waals surface area contributed by atoms with Crippen molar-refractivity contribution in [1.29, 1.82) is 0 Å². The third-order valence-electron chi connectivity index (χ3n) is 4.12. The molecule has 3 heteroatoms. The molecule has 1 aliphatic heterocycles. The van der Waals surface area contributed by atoms with Crippen LogP contribution in [0, 0.1) is 12.8 Å². The van der Waals surface area contributed by atoms with Crippen LogP contribution in [0.1, 0.15) is 29.2 Å². The van der Waals surface area contributed by atoms with Crippen LogP contribution >= 0.6 is 0 Å². The normalized spacial score (nSPS) is 20.4. The van der Waals surface area contributed by atoms with Crippen LogP contribution in [-0.2, 0) is 11.2 Å². The summed E-state index contributed by atoms with van der Waals surface area (Å²) >= 11 is 0. The summed E-state index contributed by atoms with van der Waals surface area (Å²) in [5.41, 5.74) is 4.70. The van der Waals surface area contributed by atoms with Gasteiger partial charge in [0, 0.05) is 5.69 Å². The molecule has 2 N–H and O–H groups in total. The molecule has 0 saturated heterocycles. The molecule has 2 atom stereocenters. The number of nitrogens with one attached hydrogen (secondary N) is 1. The highest BCUT2D eigenvalue weighted by atomic mass is 16.4. The smallest absolute Gasteiger partial charge is 0.303 e. The lowest BCUT2D eigenvalue weighted by Crippen LogP contribution is -2.29. The fraction of sp³-hybridized carbons (Fsp3) is 0.278. The van der Waals surface area contributed by atoms with Crippen molar-refractivity contribution >= 4 is 11.7 Å². The van der Waals surface area contributed by atoms with Gasteiger partial charge in [-0.25, -0.2) is 0 Å². The first-order valence-electron chi connectivity index (χ1n) is 7.26. The molecule has 0 spiro atoms. The van der Waals surface area contributed by atoms with Crippen molar-refractivity contribution in [2.45, 2.75) is 25.8 Å². The van der Waals surface area contributed by atoms with Crippen LogP contribution in [0.15, 0.2) is 48.5 Å². The van der Waals surface area contributed by atoms with Gasteiger partial charge in [-0.05, 0) is 36.5 Å². The molecule has 0 fully saturated rings. The topological polar surface area (TPSA) is 49.3 Å². The number of aliphatic carboxylic acids is 1. The third kappa shape index (κ3) is 2.92. The number of benzene rings is 2. The van der Waals surface area contributed by atoms with Gasteiger partial charge < -0.3 is 10.4 Å². The molecule has 0 aliphatic carbocycles. The summed E-state index contributed by atoms with van der Waals surface area (Å²) in [4.78, 5) is 11.2. The van der Waals surface area contributed by atoms with Crippen LogP contribution in [0.4, 0.5) is 5.69 Å². The fourth-order valence-electron chi connectivity index (χ4n) is 3.15. The summed E-state index contributed by atoms with van der Waals surface area (Å²) in [7, 11) is 0. The molecule has 0 aromatic heterocycles. The lowest BCUT2D eigenvalue weighted by molar-refractivity contribution is -0.138. The van der Waals surface area contributed by atoms with Gasteiger partial charge in [-0.2, -0.15) is 0 Å². The van der Waals surface area contributed by atoms with E-state index in [1.165, 1.54) is 11.1 Å². The zero-order chi connectivity index (χ0) is 14.8. The summed E-state index contributed by atoms with van der Waals surface area (Å²) in [6.45, 7) is 2.07. The molecule has 0 unspecified atom stereocenters. The highest BCUT2D eigenvalue weighted by Gasteiger charge is 2.30. The molecule has 108 valence electrons. The lowest BCUT2D eigenvalue weighted by Gasteiger charge is -2.34. The SMILES string of the molecule is Cc1ccc2c(c1)C[C@@H](CC(=O)O)[C@@H](c1ccccc1)N2. The summed E-state index contributed by atoms with van der Waals surface area (Å²) < 4.78 is 0. The van der Waals surface area contributed by atoms with Gasteiger partial charge in [-0.15, -0.1) is 0 Å². The van der Waals surface area contributed by atoms with E-state index in [9.17, 15) is 9.90 Å². The number of carboxylic acid groups (broad SMARTS) is 1. The number of hydrogen-bond donors (Lipinski definition) is 2. The lowest BCUT2D eigenvalue weighted by atomic mass is 9.81. The molecular weight excluding hydrogens is 262 g/mol. The van der Waals surface area contributed by atoms with Gasteiger partial charge in [-0.1, -0.05) is 48.0 Å². The van der Waals surface area contributed by atoms with Gasteiger partial charge in [0.25, 0.3) is 0 Å². The van der Waals surface area contributed by atoms with Crippen molar-refractivity contribution in [2.75, 3.05) is 5.32 Å². The molecule has 0 radical (unpaired) electrons. The highest BCUT2D eigenvalue weighted by Crippen LogP contribution is 2.38. The summed E-state index contributed by atoms with van der Waals surface area (Å²) in [5.74, 6) is -0.668. The second kappa shape index (κ2) is 5.60. The van der Waals surface area contributed by atoms with Gasteiger partial charge >= 0.3 is 5.97 Å². The maximum absolute atomic E-state index is 11.2. The molecule has 0 amide bonds. The zero-order valence-corrected chi connectivity index (χ0v) is 12.0. The quantitative estimate of drug-likeness (QED) is 0.899. The second-order valence-electron chi connectivity index (χ2n) is 5.76. The van der Waals surface area contributed by atoms with E-state index in [0.717, 1.165) is 17.7 Å². The number of carbonyl (C=O) groups is 1. The molecule has 2 aromatic rings. The Morgan fingerprint density at radius 3 is 2.71 bits per heavy atom. The number of hydrogen-bond acceptors (Lipinski definition) is 2. The van der Waals surface area contributed by atoms with E-state index in [4.69, 9.17) is 0 Å². The minimum absolute atomic E-state index is 0.0532.